The van der Waals surface area contributed by atoms with E-state index in [1.54, 1.807) is 0 Å². The Morgan fingerprint density at radius 1 is 1.00 bits per heavy atom. The molecule has 3 rings (SSSR count). The summed E-state index contributed by atoms with van der Waals surface area (Å²) < 4.78 is 27.1. The first-order valence-electron chi connectivity index (χ1n) is 6.02. The van der Waals surface area contributed by atoms with Gasteiger partial charge in [0.2, 0.25) is 0 Å². The van der Waals surface area contributed by atoms with Crippen molar-refractivity contribution in [3.8, 4) is 11.1 Å². The van der Waals surface area contributed by atoms with Gasteiger partial charge in [0.1, 0.15) is 11.6 Å². The molecule has 1 nitrogen and oxygen atoms in total. The molecule has 0 amide bonds. The molecule has 92 valence electrons. The summed E-state index contributed by atoms with van der Waals surface area (Å²) in [5.74, 6) is -0.789. The first-order valence-corrected chi connectivity index (χ1v) is 6.02. The molecule has 0 atom stereocenters. The summed E-state index contributed by atoms with van der Waals surface area (Å²) in [6.07, 6.45) is 0.931. The van der Waals surface area contributed by atoms with Crippen LogP contribution in [0.3, 0.4) is 0 Å². The normalized spacial score (nSPS) is 14.3. The molecule has 18 heavy (non-hydrogen) atoms. The molecule has 0 aromatic heterocycles. The minimum Gasteiger partial charge on any atom is -0.312 e. The van der Waals surface area contributed by atoms with Gasteiger partial charge in [-0.2, -0.15) is 0 Å². The van der Waals surface area contributed by atoms with E-state index in [0.29, 0.717) is 12.1 Å². The molecule has 0 radical (unpaired) electrons. The van der Waals surface area contributed by atoms with Gasteiger partial charge >= 0.3 is 0 Å². The summed E-state index contributed by atoms with van der Waals surface area (Å²) in [6, 6.07) is 9.40. The fourth-order valence-electron chi connectivity index (χ4n) is 2.47. The molecule has 0 saturated carbocycles. The van der Waals surface area contributed by atoms with Crippen molar-refractivity contribution < 1.29 is 8.78 Å². The van der Waals surface area contributed by atoms with Gasteiger partial charge in [-0.3, -0.25) is 0 Å². The van der Waals surface area contributed by atoms with Crippen LogP contribution in [0.25, 0.3) is 11.1 Å². The lowest BCUT2D eigenvalue weighted by molar-refractivity contribution is 0.602. The average Bonchev–Trinajstić information content (AvgIpc) is 2.41. The van der Waals surface area contributed by atoms with Gasteiger partial charge in [-0.1, -0.05) is 18.2 Å². The minimum absolute atomic E-state index is 0.343. The highest BCUT2D eigenvalue weighted by molar-refractivity contribution is 5.69. The molecular weight excluding hydrogens is 232 g/mol. The zero-order valence-corrected chi connectivity index (χ0v) is 9.84. The third-order valence-corrected chi connectivity index (χ3v) is 3.36. The van der Waals surface area contributed by atoms with Gasteiger partial charge in [0.05, 0.1) is 0 Å². The topological polar surface area (TPSA) is 12.0 Å². The van der Waals surface area contributed by atoms with E-state index in [2.05, 4.69) is 11.4 Å². The first kappa shape index (κ1) is 11.4. The van der Waals surface area contributed by atoms with E-state index in [1.807, 2.05) is 12.1 Å². The van der Waals surface area contributed by atoms with Crippen LogP contribution >= 0.6 is 0 Å². The van der Waals surface area contributed by atoms with Gasteiger partial charge in [-0.15, -0.1) is 0 Å². The van der Waals surface area contributed by atoms with Crippen LogP contribution in [0.15, 0.2) is 36.4 Å². The monoisotopic (exact) mass is 245 g/mol. The second-order valence-electron chi connectivity index (χ2n) is 4.49. The minimum atomic E-state index is -0.409. The molecule has 2 aromatic rings. The molecule has 2 aromatic carbocycles. The first-order chi connectivity index (χ1) is 8.75. The van der Waals surface area contributed by atoms with Crippen LogP contribution in [0, 0.1) is 11.6 Å². The number of hydrogen-bond donors (Lipinski definition) is 1. The van der Waals surface area contributed by atoms with Crippen LogP contribution in [0.5, 0.6) is 0 Å². The van der Waals surface area contributed by atoms with Gasteiger partial charge in [0.25, 0.3) is 0 Å². The van der Waals surface area contributed by atoms with Crippen LogP contribution in [0.2, 0.25) is 0 Å². The number of fused-ring (bicyclic) bond motifs is 1. The molecule has 3 heteroatoms. The van der Waals surface area contributed by atoms with Gasteiger partial charge in [-0.05, 0) is 47.9 Å². The Labute approximate surface area is 104 Å². The Balaban J connectivity index is 2.19. The van der Waals surface area contributed by atoms with Crippen LogP contribution in [-0.2, 0) is 13.0 Å². The Morgan fingerprint density at radius 2 is 1.89 bits per heavy atom. The number of halogens is 2. The van der Waals surface area contributed by atoms with Crippen molar-refractivity contribution in [3.05, 3.63) is 59.2 Å². The van der Waals surface area contributed by atoms with Crippen molar-refractivity contribution in [2.75, 3.05) is 6.54 Å². The molecule has 0 spiro atoms. The summed E-state index contributed by atoms with van der Waals surface area (Å²) >= 11 is 0. The van der Waals surface area contributed by atoms with E-state index >= 15 is 0 Å². The highest BCUT2D eigenvalue weighted by Gasteiger charge is 2.16. The zero-order chi connectivity index (χ0) is 12.5. The van der Waals surface area contributed by atoms with E-state index in [1.165, 1.54) is 17.7 Å². The lowest BCUT2D eigenvalue weighted by atomic mass is 9.92. The number of hydrogen-bond acceptors (Lipinski definition) is 1. The summed E-state index contributed by atoms with van der Waals surface area (Å²) in [6.45, 7) is 1.64. The Hall–Kier alpha value is -1.74. The molecule has 0 unspecified atom stereocenters. The van der Waals surface area contributed by atoms with Crippen LogP contribution in [0.4, 0.5) is 8.78 Å². The average molecular weight is 245 g/mol. The van der Waals surface area contributed by atoms with Gasteiger partial charge < -0.3 is 5.32 Å². The molecule has 1 N–H and O–H groups in total. The smallest absolute Gasteiger partial charge is 0.131 e. The SMILES string of the molecule is Fc1ccc(F)c(-c2cccc3c2CNCC3)c1. The van der Waals surface area contributed by atoms with Crippen molar-refractivity contribution in [3.63, 3.8) is 0 Å². The highest BCUT2D eigenvalue weighted by atomic mass is 19.1. The quantitative estimate of drug-likeness (QED) is 0.813. The predicted molar refractivity (Wildman–Crippen MR) is 67.2 cm³/mol. The maximum atomic E-state index is 13.8. The van der Waals surface area contributed by atoms with Crippen molar-refractivity contribution in [1.82, 2.24) is 5.32 Å². The fourth-order valence-corrected chi connectivity index (χ4v) is 2.47. The number of benzene rings is 2. The summed E-state index contributed by atoms with van der Waals surface area (Å²) in [5, 5.41) is 3.27. The Morgan fingerprint density at radius 3 is 2.78 bits per heavy atom. The maximum Gasteiger partial charge on any atom is 0.131 e. The zero-order valence-electron chi connectivity index (χ0n) is 9.84. The van der Waals surface area contributed by atoms with Crippen molar-refractivity contribution in [2.24, 2.45) is 0 Å². The van der Waals surface area contributed by atoms with E-state index in [4.69, 9.17) is 0 Å². The summed E-state index contributed by atoms with van der Waals surface area (Å²) in [5.41, 5.74) is 3.43. The van der Waals surface area contributed by atoms with Gasteiger partial charge in [0.15, 0.2) is 0 Å². The van der Waals surface area contributed by atoms with Gasteiger partial charge in [0, 0.05) is 12.1 Å². The standard InChI is InChI=1S/C15H13F2N/c16-11-4-5-15(17)13(8-11)12-3-1-2-10-6-7-18-9-14(10)12/h1-5,8,18H,6-7,9H2. The Kier molecular flexibility index (Phi) is 2.84. The highest BCUT2D eigenvalue weighted by Crippen LogP contribution is 2.30. The lowest BCUT2D eigenvalue weighted by Crippen LogP contribution is -2.24. The van der Waals surface area contributed by atoms with E-state index < -0.39 is 5.82 Å². The molecule has 0 saturated heterocycles. The molecule has 1 aliphatic rings. The van der Waals surface area contributed by atoms with Crippen molar-refractivity contribution in [1.29, 1.82) is 0 Å². The summed E-state index contributed by atoms with van der Waals surface area (Å²) in [7, 11) is 0. The second-order valence-corrected chi connectivity index (χ2v) is 4.49. The second kappa shape index (κ2) is 4.50. The van der Waals surface area contributed by atoms with Crippen molar-refractivity contribution in [2.45, 2.75) is 13.0 Å². The molecule has 0 aliphatic carbocycles. The predicted octanol–water partition coefficient (Wildman–Crippen LogP) is 3.28. The third kappa shape index (κ3) is 1.91. The molecule has 1 heterocycles. The van der Waals surface area contributed by atoms with E-state index in [0.717, 1.165) is 30.2 Å². The van der Waals surface area contributed by atoms with E-state index in [-0.39, 0.29) is 5.82 Å². The van der Waals surface area contributed by atoms with Crippen LogP contribution in [0.1, 0.15) is 11.1 Å². The Bertz CT molecular complexity index is 593. The van der Waals surface area contributed by atoms with Crippen LogP contribution in [-0.4, -0.2) is 6.54 Å². The molecular formula is C15H13F2N. The fraction of sp³-hybridized carbons (Fsp3) is 0.200. The van der Waals surface area contributed by atoms with Crippen LogP contribution < -0.4 is 5.32 Å². The maximum absolute atomic E-state index is 13.8. The number of rotatable bonds is 1. The van der Waals surface area contributed by atoms with Gasteiger partial charge in [-0.25, -0.2) is 8.78 Å². The molecule has 0 bridgehead atoms. The van der Waals surface area contributed by atoms with Crippen molar-refractivity contribution >= 4 is 0 Å². The third-order valence-electron chi connectivity index (χ3n) is 3.36. The van der Waals surface area contributed by atoms with E-state index in [9.17, 15) is 8.78 Å². The molecule has 1 aliphatic heterocycles. The largest absolute Gasteiger partial charge is 0.312 e. The lowest BCUT2D eigenvalue weighted by Gasteiger charge is -2.20. The summed E-state index contributed by atoms with van der Waals surface area (Å²) in [4.78, 5) is 0. The number of nitrogens with one attached hydrogen (secondary N) is 1. The molecule has 0 fully saturated rings.